The summed E-state index contributed by atoms with van der Waals surface area (Å²) in [4.78, 5) is 11.2. The van der Waals surface area contributed by atoms with E-state index in [-0.39, 0.29) is 5.91 Å². The van der Waals surface area contributed by atoms with Crippen molar-refractivity contribution in [1.82, 2.24) is 0 Å². The Kier molecular flexibility index (Phi) is 7.09. The van der Waals surface area contributed by atoms with Crippen LogP contribution in [0.2, 0.25) is 5.02 Å². The summed E-state index contributed by atoms with van der Waals surface area (Å²) in [6, 6.07) is 8.53. The molecule has 2 rings (SSSR count). The van der Waals surface area contributed by atoms with E-state index in [1.165, 1.54) is 28.3 Å². The monoisotopic (exact) mass is 409 g/mol. The Bertz CT molecular complexity index is 861. The van der Waals surface area contributed by atoms with Crippen molar-refractivity contribution in [3.63, 3.8) is 0 Å². The molecule has 0 aliphatic heterocycles. The van der Waals surface area contributed by atoms with E-state index in [1.807, 2.05) is 0 Å². The molecule has 1 amide bonds. The van der Waals surface area contributed by atoms with Crippen LogP contribution in [-0.4, -0.2) is 32.3 Å². The highest BCUT2D eigenvalue weighted by Gasteiger charge is 2.12. The number of benzene rings is 2. The molecule has 0 radical (unpaired) electrons. The van der Waals surface area contributed by atoms with Crippen LogP contribution in [0.5, 0.6) is 17.2 Å². The zero-order valence-electron chi connectivity index (χ0n) is 15.3. The largest absolute Gasteiger partial charge is 0.495 e. The van der Waals surface area contributed by atoms with Crippen LogP contribution in [0, 0.1) is 0 Å². The second-order valence-electron chi connectivity index (χ2n) is 5.36. The summed E-state index contributed by atoms with van der Waals surface area (Å²) < 4.78 is 15.8. The van der Waals surface area contributed by atoms with Crippen LogP contribution in [0.25, 0.3) is 0 Å². The Labute approximate surface area is 167 Å². The fraction of sp³-hybridized carbons (Fsp3) is 0.222. The Balaban J connectivity index is 2.16. The van der Waals surface area contributed by atoms with Crippen LogP contribution >= 0.6 is 23.8 Å². The second-order valence-corrected chi connectivity index (χ2v) is 6.18. The van der Waals surface area contributed by atoms with Gasteiger partial charge in [-0.2, -0.15) is 0 Å². The number of ether oxygens (including phenoxy) is 3. The van der Waals surface area contributed by atoms with Crippen molar-refractivity contribution in [3.05, 3.63) is 35.4 Å². The average molecular weight is 410 g/mol. The summed E-state index contributed by atoms with van der Waals surface area (Å²) in [7, 11) is 4.58. The Hall–Kier alpha value is -2.71. The number of amides is 1. The van der Waals surface area contributed by atoms with Gasteiger partial charge in [-0.1, -0.05) is 11.6 Å². The lowest BCUT2D eigenvalue weighted by Crippen LogP contribution is -2.19. The molecule has 0 unspecified atom stereocenters. The van der Waals surface area contributed by atoms with Crippen molar-refractivity contribution in [2.75, 3.05) is 37.3 Å². The Morgan fingerprint density at radius 3 is 2.11 bits per heavy atom. The molecule has 0 heterocycles. The molecule has 27 heavy (non-hydrogen) atoms. The zero-order chi connectivity index (χ0) is 20.0. The number of carbonyl (C=O) groups is 1. The van der Waals surface area contributed by atoms with Gasteiger partial charge in [0.25, 0.3) is 0 Å². The van der Waals surface area contributed by atoms with E-state index < -0.39 is 0 Å². The third-order valence-corrected chi connectivity index (χ3v) is 3.99. The van der Waals surface area contributed by atoms with Gasteiger partial charge in [0.05, 0.1) is 37.7 Å². The number of hydrogen-bond donors (Lipinski definition) is 3. The third-order valence-electron chi connectivity index (χ3n) is 3.49. The number of methoxy groups -OCH3 is 3. The van der Waals surface area contributed by atoms with E-state index in [9.17, 15) is 4.79 Å². The van der Waals surface area contributed by atoms with Crippen molar-refractivity contribution in [3.8, 4) is 17.2 Å². The molecule has 7 nitrogen and oxygen atoms in total. The molecular weight excluding hydrogens is 390 g/mol. The lowest BCUT2D eigenvalue weighted by atomic mass is 10.2. The lowest BCUT2D eigenvalue weighted by molar-refractivity contribution is -0.114. The van der Waals surface area contributed by atoms with Crippen molar-refractivity contribution in [1.29, 1.82) is 0 Å². The van der Waals surface area contributed by atoms with Gasteiger partial charge in [-0.3, -0.25) is 4.79 Å². The molecule has 2 aromatic rings. The normalized spacial score (nSPS) is 9.96. The van der Waals surface area contributed by atoms with Crippen molar-refractivity contribution < 1.29 is 19.0 Å². The molecule has 0 atom stereocenters. The molecule has 0 bridgehead atoms. The standard InChI is InChI=1S/C18H20ClN3O4S/c1-10(23)20-13-6-5-11(7-16(13)25-3)21-18(27)22-14-8-12(19)15(24-2)9-17(14)26-4/h5-9H,1-4H3,(H,20,23)(H2,21,22,27). The first-order chi connectivity index (χ1) is 12.9. The van der Waals surface area contributed by atoms with Crippen LogP contribution < -0.4 is 30.2 Å². The smallest absolute Gasteiger partial charge is 0.221 e. The summed E-state index contributed by atoms with van der Waals surface area (Å²) in [5.74, 6) is 1.34. The summed E-state index contributed by atoms with van der Waals surface area (Å²) in [6.45, 7) is 1.43. The minimum absolute atomic E-state index is 0.185. The molecule has 0 aromatic heterocycles. The molecular formula is C18H20ClN3O4S. The van der Waals surface area contributed by atoms with Gasteiger partial charge in [-0.25, -0.2) is 0 Å². The van der Waals surface area contributed by atoms with Crippen molar-refractivity contribution >= 4 is 51.9 Å². The van der Waals surface area contributed by atoms with E-state index >= 15 is 0 Å². The van der Waals surface area contributed by atoms with Crippen molar-refractivity contribution in [2.24, 2.45) is 0 Å². The fourth-order valence-corrected chi connectivity index (χ4v) is 2.77. The summed E-state index contributed by atoms with van der Waals surface area (Å²) in [5, 5.41) is 9.51. The highest BCUT2D eigenvalue weighted by molar-refractivity contribution is 7.80. The molecule has 144 valence electrons. The maximum Gasteiger partial charge on any atom is 0.221 e. The Morgan fingerprint density at radius 2 is 1.52 bits per heavy atom. The first kappa shape index (κ1) is 20.6. The predicted octanol–water partition coefficient (Wildman–Crippen LogP) is 4.13. The minimum Gasteiger partial charge on any atom is -0.495 e. The average Bonchev–Trinajstić information content (AvgIpc) is 2.62. The number of thiocarbonyl (C=S) groups is 1. The molecule has 3 N–H and O–H groups in total. The van der Waals surface area contributed by atoms with E-state index in [0.29, 0.717) is 44.4 Å². The first-order valence-electron chi connectivity index (χ1n) is 7.83. The van der Waals surface area contributed by atoms with Gasteiger partial charge in [0, 0.05) is 24.7 Å². The molecule has 2 aromatic carbocycles. The predicted molar refractivity (Wildman–Crippen MR) is 112 cm³/mol. The second kappa shape index (κ2) is 9.29. The first-order valence-corrected chi connectivity index (χ1v) is 8.61. The minimum atomic E-state index is -0.185. The van der Waals surface area contributed by atoms with E-state index in [2.05, 4.69) is 16.0 Å². The SMILES string of the molecule is COc1cc(OC)c(NC(=S)Nc2ccc(NC(C)=O)c(OC)c2)cc1Cl. The van der Waals surface area contributed by atoms with Gasteiger partial charge in [0.15, 0.2) is 5.11 Å². The zero-order valence-corrected chi connectivity index (χ0v) is 16.9. The maximum absolute atomic E-state index is 11.2. The summed E-state index contributed by atoms with van der Waals surface area (Å²) >= 11 is 11.5. The third kappa shape index (κ3) is 5.38. The van der Waals surface area contributed by atoms with Crippen LogP contribution in [0.3, 0.4) is 0 Å². The number of hydrogen-bond acceptors (Lipinski definition) is 5. The van der Waals surface area contributed by atoms with Crippen LogP contribution in [0.1, 0.15) is 6.92 Å². The molecule has 9 heteroatoms. The number of anilines is 3. The quantitative estimate of drug-likeness (QED) is 0.619. The molecule has 0 aliphatic carbocycles. The summed E-state index contributed by atoms with van der Waals surface area (Å²) in [6.07, 6.45) is 0. The molecule has 0 spiro atoms. The van der Waals surface area contributed by atoms with Gasteiger partial charge in [-0.05, 0) is 30.4 Å². The number of nitrogens with one attached hydrogen (secondary N) is 3. The van der Waals surface area contributed by atoms with Gasteiger partial charge < -0.3 is 30.2 Å². The highest BCUT2D eigenvalue weighted by atomic mass is 35.5. The molecule has 0 saturated carbocycles. The maximum atomic E-state index is 11.2. The van der Waals surface area contributed by atoms with Gasteiger partial charge in [0.2, 0.25) is 5.91 Å². The highest BCUT2D eigenvalue weighted by Crippen LogP contribution is 2.36. The van der Waals surface area contributed by atoms with E-state index in [1.54, 1.807) is 30.3 Å². The molecule has 0 aliphatic rings. The van der Waals surface area contributed by atoms with Gasteiger partial charge in [0.1, 0.15) is 17.2 Å². The number of rotatable bonds is 6. The fourth-order valence-electron chi connectivity index (χ4n) is 2.30. The number of halogens is 1. The van der Waals surface area contributed by atoms with Crippen LogP contribution in [0.15, 0.2) is 30.3 Å². The molecule has 0 fully saturated rings. The van der Waals surface area contributed by atoms with Crippen LogP contribution in [0.4, 0.5) is 17.1 Å². The summed E-state index contributed by atoms with van der Waals surface area (Å²) in [5.41, 5.74) is 1.83. The topological polar surface area (TPSA) is 80.9 Å². The van der Waals surface area contributed by atoms with Crippen molar-refractivity contribution in [2.45, 2.75) is 6.92 Å². The van der Waals surface area contributed by atoms with E-state index in [0.717, 1.165) is 0 Å². The van der Waals surface area contributed by atoms with Crippen LogP contribution in [-0.2, 0) is 4.79 Å². The number of carbonyl (C=O) groups excluding carboxylic acids is 1. The lowest BCUT2D eigenvalue weighted by Gasteiger charge is -2.16. The van der Waals surface area contributed by atoms with E-state index in [4.69, 9.17) is 38.0 Å². The van der Waals surface area contributed by atoms with Gasteiger partial charge in [-0.15, -0.1) is 0 Å². The molecule has 0 saturated heterocycles. The van der Waals surface area contributed by atoms with Gasteiger partial charge >= 0.3 is 0 Å². The Morgan fingerprint density at radius 1 is 0.889 bits per heavy atom.